The molecule has 2 aliphatic rings. The second-order valence-electron chi connectivity index (χ2n) is 3.66. The zero-order valence-electron chi connectivity index (χ0n) is 6.43. The van der Waals surface area contributed by atoms with Crippen molar-refractivity contribution in [2.45, 2.75) is 18.3 Å². The molecule has 2 atom stereocenters. The molecule has 12 heavy (non-hydrogen) atoms. The maximum Gasteiger partial charge on any atom is 0.259 e. The fourth-order valence-electron chi connectivity index (χ4n) is 2.33. The fourth-order valence-corrected chi connectivity index (χ4v) is 2.33. The molecule has 1 aromatic carbocycles. The quantitative estimate of drug-likeness (QED) is 0.555. The third kappa shape index (κ3) is 0.576. The number of halogens is 2. The van der Waals surface area contributed by atoms with Crippen LogP contribution in [0.3, 0.4) is 0 Å². The maximum atomic E-state index is 12.9. The van der Waals surface area contributed by atoms with Crippen LogP contribution in [0.2, 0.25) is 0 Å². The van der Waals surface area contributed by atoms with Gasteiger partial charge in [0.15, 0.2) is 0 Å². The van der Waals surface area contributed by atoms with Gasteiger partial charge in [-0.2, -0.15) is 0 Å². The minimum Gasteiger partial charge on any atom is -0.206 e. The smallest absolute Gasteiger partial charge is 0.206 e. The van der Waals surface area contributed by atoms with E-state index >= 15 is 0 Å². The molecule has 0 saturated heterocycles. The van der Waals surface area contributed by atoms with Crippen molar-refractivity contribution in [3.05, 3.63) is 35.4 Å². The largest absolute Gasteiger partial charge is 0.259 e. The van der Waals surface area contributed by atoms with Crippen LogP contribution in [-0.2, 0) is 6.42 Å². The first-order valence-electron chi connectivity index (χ1n) is 4.17. The zero-order chi connectivity index (χ0) is 8.34. The van der Waals surface area contributed by atoms with Gasteiger partial charge in [0.1, 0.15) is 0 Å². The van der Waals surface area contributed by atoms with Gasteiger partial charge >= 0.3 is 0 Å². The highest BCUT2D eigenvalue weighted by molar-refractivity contribution is 5.45. The maximum absolute atomic E-state index is 12.9. The Balaban J connectivity index is 2.11. The lowest BCUT2D eigenvalue weighted by Crippen LogP contribution is -2.02. The van der Waals surface area contributed by atoms with Gasteiger partial charge in [0.2, 0.25) is 0 Å². The summed E-state index contributed by atoms with van der Waals surface area (Å²) in [6.45, 7) is 0. The highest BCUT2D eigenvalue weighted by Crippen LogP contribution is 2.67. The summed E-state index contributed by atoms with van der Waals surface area (Å²) in [6.07, 6.45) is 0.577. The van der Waals surface area contributed by atoms with E-state index in [2.05, 4.69) is 0 Å². The molecule has 0 heterocycles. The average molecular weight is 166 g/mol. The summed E-state index contributed by atoms with van der Waals surface area (Å²) in [4.78, 5) is 0. The lowest BCUT2D eigenvalue weighted by atomic mass is 10.1. The van der Waals surface area contributed by atoms with E-state index in [1.54, 1.807) is 0 Å². The predicted octanol–water partition coefficient (Wildman–Crippen LogP) is 2.59. The predicted molar refractivity (Wildman–Crippen MR) is 41.3 cm³/mol. The summed E-state index contributed by atoms with van der Waals surface area (Å²) in [6, 6.07) is 7.55. The molecule has 0 N–H and O–H groups in total. The van der Waals surface area contributed by atoms with Gasteiger partial charge in [-0.25, -0.2) is 8.78 Å². The zero-order valence-corrected chi connectivity index (χ0v) is 6.43. The van der Waals surface area contributed by atoms with E-state index in [1.807, 2.05) is 24.3 Å². The normalized spacial score (nSPS) is 34.2. The third-order valence-corrected chi connectivity index (χ3v) is 3.03. The summed E-state index contributed by atoms with van der Waals surface area (Å²) in [5, 5.41) is 0. The van der Waals surface area contributed by atoms with Gasteiger partial charge in [-0.15, -0.1) is 0 Å². The molecule has 0 aromatic heterocycles. The standard InChI is InChI=1S/C10H8F2/c11-10(12)8-5-6-3-1-2-4-7(6)9(8)10/h1-4,8-9H,5H2. The minimum absolute atomic E-state index is 0.380. The van der Waals surface area contributed by atoms with Crippen molar-refractivity contribution in [1.82, 2.24) is 0 Å². The van der Waals surface area contributed by atoms with E-state index in [0.29, 0.717) is 6.42 Å². The van der Waals surface area contributed by atoms with E-state index in [4.69, 9.17) is 0 Å². The Morgan fingerprint density at radius 1 is 1.25 bits per heavy atom. The van der Waals surface area contributed by atoms with Crippen molar-refractivity contribution in [2.75, 3.05) is 0 Å². The number of fused-ring (bicyclic) bond motifs is 3. The lowest BCUT2D eigenvalue weighted by molar-refractivity contribution is 0.0903. The second kappa shape index (κ2) is 1.70. The van der Waals surface area contributed by atoms with E-state index in [0.717, 1.165) is 11.1 Å². The van der Waals surface area contributed by atoms with Crippen molar-refractivity contribution in [1.29, 1.82) is 0 Å². The Morgan fingerprint density at radius 2 is 2.00 bits per heavy atom. The highest BCUT2D eigenvalue weighted by atomic mass is 19.3. The molecule has 1 saturated carbocycles. The number of hydrogen-bond acceptors (Lipinski definition) is 0. The van der Waals surface area contributed by atoms with Crippen molar-refractivity contribution < 1.29 is 8.78 Å². The molecular weight excluding hydrogens is 158 g/mol. The molecule has 1 fully saturated rings. The molecule has 3 rings (SSSR count). The van der Waals surface area contributed by atoms with Gasteiger partial charge in [0.05, 0.1) is 5.92 Å². The van der Waals surface area contributed by atoms with Crippen LogP contribution in [0.4, 0.5) is 8.78 Å². The molecule has 0 radical (unpaired) electrons. The van der Waals surface area contributed by atoms with Crippen LogP contribution in [0.25, 0.3) is 0 Å². The van der Waals surface area contributed by atoms with Crippen LogP contribution in [-0.4, -0.2) is 5.92 Å². The molecule has 0 spiro atoms. The van der Waals surface area contributed by atoms with Crippen molar-refractivity contribution >= 4 is 0 Å². The SMILES string of the molecule is FC1(F)C2Cc3ccccc3C21. The molecule has 2 heteroatoms. The third-order valence-electron chi connectivity index (χ3n) is 3.03. The van der Waals surface area contributed by atoms with Crippen LogP contribution in [0.1, 0.15) is 17.0 Å². The first kappa shape index (κ1) is 6.58. The van der Waals surface area contributed by atoms with Crippen LogP contribution in [0.15, 0.2) is 24.3 Å². The minimum atomic E-state index is -2.39. The first-order valence-corrected chi connectivity index (χ1v) is 4.17. The average Bonchev–Trinajstić information content (AvgIpc) is 2.46. The Hall–Kier alpha value is -0.920. The Bertz CT molecular complexity index is 343. The van der Waals surface area contributed by atoms with Crippen molar-refractivity contribution in [3.8, 4) is 0 Å². The van der Waals surface area contributed by atoms with Gasteiger partial charge in [0.25, 0.3) is 5.92 Å². The van der Waals surface area contributed by atoms with Gasteiger partial charge in [-0.05, 0) is 17.5 Å². The Labute approximate surface area is 69.2 Å². The Morgan fingerprint density at radius 3 is 2.83 bits per heavy atom. The number of hydrogen-bond donors (Lipinski definition) is 0. The molecule has 1 aromatic rings. The molecule has 0 aliphatic heterocycles. The van der Waals surface area contributed by atoms with Gasteiger partial charge in [-0.3, -0.25) is 0 Å². The molecule has 0 bridgehead atoms. The molecule has 0 amide bonds. The van der Waals surface area contributed by atoms with E-state index in [1.165, 1.54) is 0 Å². The summed E-state index contributed by atoms with van der Waals surface area (Å²) in [5.41, 5.74) is 2.01. The van der Waals surface area contributed by atoms with Crippen LogP contribution >= 0.6 is 0 Å². The van der Waals surface area contributed by atoms with Gasteiger partial charge in [0, 0.05) is 5.92 Å². The monoisotopic (exact) mass is 166 g/mol. The van der Waals surface area contributed by atoms with Crippen LogP contribution in [0.5, 0.6) is 0 Å². The van der Waals surface area contributed by atoms with Crippen LogP contribution < -0.4 is 0 Å². The fraction of sp³-hybridized carbons (Fsp3) is 0.400. The molecule has 2 aliphatic carbocycles. The van der Waals surface area contributed by atoms with E-state index in [-0.39, 0.29) is 5.92 Å². The topological polar surface area (TPSA) is 0 Å². The molecule has 0 nitrogen and oxygen atoms in total. The summed E-state index contributed by atoms with van der Waals surface area (Å²) < 4.78 is 25.8. The molecule has 2 unspecified atom stereocenters. The lowest BCUT2D eigenvalue weighted by Gasteiger charge is -2.05. The van der Waals surface area contributed by atoms with Gasteiger partial charge < -0.3 is 0 Å². The van der Waals surface area contributed by atoms with Gasteiger partial charge in [-0.1, -0.05) is 24.3 Å². The van der Waals surface area contributed by atoms with Crippen LogP contribution in [0, 0.1) is 5.92 Å². The highest BCUT2D eigenvalue weighted by Gasteiger charge is 2.71. The first-order chi connectivity index (χ1) is 5.71. The van der Waals surface area contributed by atoms with E-state index < -0.39 is 11.8 Å². The van der Waals surface area contributed by atoms with Crippen molar-refractivity contribution in [3.63, 3.8) is 0 Å². The number of benzene rings is 1. The second-order valence-corrected chi connectivity index (χ2v) is 3.66. The number of alkyl halides is 2. The molecule has 62 valence electrons. The summed E-state index contributed by atoms with van der Waals surface area (Å²) in [5.74, 6) is -3.22. The summed E-state index contributed by atoms with van der Waals surface area (Å²) >= 11 is 0. The molecular formula is C10H8F2. The Kier molecular flexibility index (Phi) is 0.935. The number of rotatable bonds is 0. The van der Waals surface area contributed by atoms with Crippen molar-refractivity contribution in [2.24, 2.45) is 5.92 Å². The summed E-state index contributed by atoms with van der Waals surface area (Å²) in [7, 11) is 0. The van der Waals surface area contributed by atoms with E-state index in [9.17, 15) is 8.78 Å².